The van der Waals surface area contributed by atoms with Crippen molar-refractivity contribution in [2.75, 3.05) is 23.4 Å². The molecule has 1 saturated heterocycles. The molecule has 1 aliphatic heterocycles. The van der Waals surface area contributed by atoms with E-state index in [1.807, 2.05) is 11.0 Å². The minimum absolute atomic E-state index is 0.0461. The van der Waals surface area contributed by atoms with Crippen LogP contribution in [0.5, 0.6) is 0 Å². The molecule has 0 bridgehead atoms. The summed E-state index contributed by atoms with van der Waals surface area (Å²) in [5, 5.41) is 4.23. The second kappa shape index (κ2) is 7.94. The van der Waals surface area contributed by atoms with E-state index in [-0.39, 0.29) is 16.4 Å². The van der Waals surface area contributed by atoms with Crippen LogP contribution in [0.25, 0.3) is 11.0 Å². The van der Waals surface area contributed by atoms with E-state index in [9.17, 15) is 18.0 Å². The highest BCUT2D eigenvalue weighted by Gasteiger charge is 2.32. The van der Waals surface area contributed by atoms with Gasteiger partial charge in [0, 0.05) is 37.8 Å². The first-order valence-electron chi connectivity index (χ1n) is 9.09. The van der Waals surface area contributed by atoms with Gasteiger partial charge in [-0.3, -0.25) is 10.2 Å². The molecule has 0 atom stereocenters. The van der Waals surface area contributed by atoms with Gasteiger partial charge in [0.05, 0.1) is 21.6 Å². The molecule has 1 fully saturated rings. The molecule has 7 nitrogen and oxygen atoms in total. The Bertz CT molecular complexity index is 1170. The van der Waals surface area contributed by atoms with Crippen molar-refractivity contribution in [2.24, 2.45) is 5.10 Å². The Balaban J connectivity index is 1.43. The van der Waals surface area contributed by atoms with Crippen LogP contribution in [-0.4, -0.2) is 33.8 Å². The van der Waals surface area contributed by atoms with Crippen molar-refractivity contribution in [1.82, 2.24) is 15.0 Å². The van der Waals surface area contributed by atoms with Crippen LogP contribution >= 0.6 is 11.6 Å². The third-order valence-corrected chi connectivity index (χ3v) is 4.99. The van der Waals surface area contributed by atoms with Crippen molar-refractivity contribution in [3.8, 4) is 0 Å². The quantitative estimate of drug-likeness (QED) is 0.605. The van der Waals surface area contributed by atoms with Gasteiger partial charge in [0.25, 0.3) is 5.56 Å². The molecule has 1 aromatic carbocycles. The molecule has 0 aliphatic carbocycles. The zero-order valence-electron chi connectivity index (χ0n) is 15.5. The average molecular weight is 437 g/mol. The number of para-hydroxylation sites is 2. The highest BCUT2D eigenvalue weighted by Crippen LogP contribution is 2.34. The largest absolute Gasteiger partial charge is 0.417 e. The fourth-order valence-electron chi connectivity index (χ4n) is 3.14. The molecule has 2 aromatic heterocycles. The molecule has 0 radical (unpaired) electrons. The number of nitrogens with zero attached hydrogens (tertiary/aromatic N) is 4. The third kappa shape index (κ3) is 4.23. The second-order valence-electron chi connectivity index (χ2n) is 6.74. The van der Waals surface area contributed by atoms with E-state index >= 15 is 0 Å². The van der Waals surface area contributed by atoms with Gasteiger partial charge in [-0.1, -0.05) is 23.7 Å². The maximum absolute atomic E-state index is 12.8. The van der Waals surface area contributed by atoms with E-state index in [0.29, 0.717) is 42.8 Å². The SMILES string of the molecule is O=c1[nH]c2ccccc2nc1NN=C1CCN(c2ncc(C(F)(F)F)cc2Cl)CC1. The molecule has 30 heavy (non-hydrogen) atoms. The number of hydrazone groups is 1. The van der Waals surface area contributed by atoms with E-state index in [2.05, 4.69) is 25.5 Å². The molecule has 3 aromatic rings. The van der Waals surface area contributed by atoms with Crippen LogP contribution < -0.4 is 15.9 Å². The van der Waals surface area contributed by atoms with Crippen molar-refractivity contribution in [2.45, 2.75) is 19.0 Å². The van der Waals surface area contributed by atoms with Crippen molar-refractivity contribution in [3.63, 3.8) is 0 Å². The number of nitrogens with one attached hydrogen (secondary N) is 2. The number of halogens is 4. The molecule has 1 aliphatic rings. The first-order chi connectivity index (χ1) is 14.3. The zero-order chi connectivity index (χ0) is 21.3. The van der Waals surface area contributed by atoms with Gasteiger partial charge < -0.3 is 9.88 Å². The Labute approximate surface area is 173 Å². The average Bonchev–Trinajstić information content (AvgIpc) is 2.72. The number of piperidine rings is 1. The molecule has 0 spiro atoms. The lowest BCUT2D eigenvalue weighted by Gasteiger charge is -2.29. The zero-order valence-corrected chi connectivity index (χ0v) is 16.3. The minimum atomic E-state index is -4.49. The molecule has 0 unspecified atom stereocenters. The topological polar surface area (TPSA) is 86.3 Å². The number of alkyl halides is 3. The fourth-order valence-corrected chi connectivity index (χ4v) is 3.43. The van der Waals surface area contributed by atoms with Gasteiger partial charge in [0.2, 0.25) is 5.82 Å². The van der Waals surface area contributed by atoms with Crippen LogP contribution in [0.1, 0.15) is 18.4 Å². The van der Waals surface area contributed by atoms with E-state index < -0.39 is 11.7 Å². The number of H-pyrrole nitrogens is 1. The Hall–Kier alpha value is -3.14. The van der Waals surface area contributed by atoms with Crippen LogP contribution in [0, 0.1) is 0 Å². The summed E-state index contributed by atoms with van der Waals surface area (Å²) in [6.45, 7) is 0.972. The molecule has 2 N–H and O–H groups in total. The lowest BCUT2D eigenvalue weighted by molar-refractivity contribution is -0.137. The Kier molecular flexibility index (Phi) is 5.33. The van der Waals surface area contributed by atoms with Crippen LogP contribution in [-0.2, 0) is 6.18 Å². The molecule has 156 valence electrons. The van der Waals surface area contributed by atoms with E-state index in [4.69, 9.17) is 11.6 Å². The highest BCUT2D eigenvalue weighted by atomic mass is 35.5. The summed E-state index contributed by atoms with van der Waals surface area (Å²) in [7, 11) is 0. The Morgan fingerprint density at radius 2 is 1.93 bits per heavy atom. The Morgan fingerprint density at radius 3 is 2.63 bits per heavy atom. The summed E-state index contributed by atoms with van der Waals surface area (Å²) < 4.78 is 38.3. The number of hydrogen-bond donors (Lipinski definition) is 2. The van der Waals surface area contributed by atoms with Gasteiger partial charge in [0.15, 0.2) is 0 Å². The molecule has 0 amide bonds. The van der Waals surface area contributed by atoms with Gasteiger partial charge in [0.1, 0.15) is 5.82 Å². The molecule has 0 saturated carbocycles. The fraction of sp³-hybridized carbons (Fsp3) is 0.263. The molecule has 11 heteroatoms. The van der Waals surface area contributed by atoms with E-state index in [0.717, 1.165) is 18.0 Å². The molecule has 4 rings (SSSR count). The van der Waals surface area contributed by atoms with Gasteiger partial charge in [-0.2, -0.15) is 18.3 Å². The van der Waals surface area contributed by atoms with Gasteiger partial charge in [-0.05, 0) is 18.2 Å². The number of hydrogen-bond acceptors (Lipinski definition) is 6. The van der Waals surface area contributed by atoms with Crippen molar-refractivity contribution in [3.05, 3.63) is 57.5 Å². The maximum Gasteiger partial charge on any atom is 0.417 e. The number of rotatable bonds is 3. The van der Waals surface area contributed by atoms with Crippen molar-refractivity contribution >= 4 is 40.0 Å². The summed E-state index contributed by atoms with van der Waals surface area (Å²) in [5.74, 6) is 0.403. The van der Waals surface area contributed by atoms with Gasteiger partial charge >= 0.3 is 6.18 Å². The summed E-state index contributed by atoms with van der Waals surface area (Å²) in [6, 6.07) is 8.05. The number of benzene rings is 1. The lowest BCUT2D eigenvalue weighted by atomic mass is 10.1. The number of aromatic amines is 1. The minimum Gasteiger partial charge on any atom is -0.355 e. The number of aromatic nitrogens is 3. The monoisotopic (exact) mass is 436 g/mol. The lowest BCUT2D eigenvalue weighted by Crippen LogP contribution is -2.35. The molecular weight excluding hydrogens is 421 g/mol. The predicted molar refractivity (Wildman–Crippen MR) is 109 cm³/mol. The van der Waals surface area contributed by atoms with Crippen LogP contribution in [0.2, 0.25) is 5.02 Å². The van der Waals surface area contributed by atoms with E-state index in [1.54, 1.807) is 18.2 Å². The summed E-state index contributed by atoms with van der Waals surface area (Å²) in [5.41, 5.74) is 3.53. The number of pyridine rings is 1. The predicted octanol–water partition coefficient (Wildman–Crippen LogP) is 4.06. The first kappa shape index (κ1) is 20.1. The van der Waals surface area contributed by atoms with Crippen LogP contribution in [0.3, 0.4) is 0 Å². The van der Waals surface area contributed by atoms with Crippen molar-refractivity contribution in [1.29, 1.82) is 0 Å². The van der Waals surface area contributed by atoms with E-state index in [1.165, 1.54) is 0 Å². The Morgan fingerprint density at radius 1 is 1.20 bits per heavy atom. The van der Waals surface area contributed by atoms with Gasteiger partial charge in [-0.15, -0.1) is 0 Å². The summed E-state index contributed by atoms with van der Waals surface area (Å²) in [4.78, 5) is 24.8. The molecule has 3 heterocycles. The summed E-state index contributed by atoms with van der Waals surface area (Å²) >= 11 is 6.02. The highest BCUT2D eigenvalue weighted by molar-refractivity contribution is 6.33. The van der Waals surface area contributed by atoms with Crippen molar-refractivity contribution < 1.29 is 13.2 Å². The standard InChI is InChI=1S/C19H16ClF3N6O/c20-13-9-11(19(21,22)23)10-24-17(13)29-7-5-12(6-8-29)27-28-16-18(30)26-15-4-2-1-3-14(15)25-16/h1-4,9-10H,5-8H2,(H,25,28)(H,26,30). The van der Waals surface area contributed by atoms with Crippen LogP contribution in [0.4, 0.5) is 24.8 Å². The maximum atomic E-state index is 12.8. The van der Waals surface area contributed by atoms with Gasteiger partial charge in [-0.25, -0.2) is 9.97 Å². The number of fused-ring (bicyclic) bond motifs is 1. The summed E-state index contributed by atoms with van der Waals surface area (Å²) in [6.07, 6.45) is -2.63. The second-order valence-corrected chi connectivity index (χ2v) is 7.14. The number of anilines is 2. The molecular formula is C19H16ClF3N6O. The first-order valence-corrected chi connectivity index (χ1v) is 9.47. The normalized spacial score (nSPS) is 14.8. The smallest absolute Gasteiger partial charge is 0.355 e. The third-order valence-electron chi connectivity index (χ3n) is 4.71. The van der Waals surface area contributed by atoms with Crippen LogP contribution in [0.15, 0.2) is 46.4 Å².